The van der Waals surface area contributed by atoms with Gasteiger partial charge in [-0.15, -0.1) is 0 Å². The van der Waals surface area contributed by atoms with E-state index in [0.717, 1.165) is 5.75 Å². The monoisotopic (exact) mass is 316 g/mol. The van der Waals surface area contributed by atoms with Crippen molar-refractivity contribution in [3.63, 3.8) is 0 Å². The van der Waals surface area contributed by atoms with Crippen molar-refractivity contribution in [2.45, 2.75) is 5.37 Å². The van der Waals surface area contributed by atoms with Gasteiger partial charge in [-0.2, -0.15) is 17.0 Å². The van der Waals surface area contributed by atoms with Gasteiger partial charge in [0.2, 0.25) is 0 Å². The van der Waals surface area contributed by atoms with Crippen LogP contribution in [0.3, 0.4) is 0 Å². The van der Waals surface area contributed by atoms with E-state index in [9.17, 15) is 8.42 Å². The Morgan fingerprint density at radius 1 is 1.53 bits per heavy atom. The molecule has 1 aliphatic rings. The molecule has 1 heterocycles. The first-order chi connectivity index (χ1) is 8.93. The minimum Gasteiger partial charge on any atom is -0.352 e. The molecule has 1 unspecified atom stereocenters. The number of sulfone groups is 1. The Kier molecular flexibility index (Phi) is 4.29. The summed E-state index contributed by atoms with van der Waals surface area (Å²) >= 11 is 7.79. The maximum Gasteiger partial charge on any atom is 0.169 e. The van der Waals surface area contributed by atoms with Gasteiger partial charge >= 0.3 is 0 Å². The third kappa shape index (κ3) is 3.16. The Hall–Kier alpha value is -0.900. The van der Waals surface area contributed by atoms with E-state index in [1.807, 2.05) is 11.0 Å². The predicted octanol–water partition coefficient (Wildman–Crippen LogP) is 2.14. The molecule has 1 saturated heterocycles. The van der Waals surface area contributed by atoms with Crippen LogP contribution in [0.2, 0.25) is 5.02 Å². The van der Waals surface area contributed by atoms with Crippen LogP contribution in [0.5, 0.6) is 0 Å². The molecule has 1 aliphatic heterocycles. The van der Waals surface area contributed by atoms with Gasteiger partial charge in [0.15, 0.2) is 9.84 Å². The highest BCUT2D eigenvalue weighted by atomic mass is 35.5. The molecule has 19 heavy (non-hydrogen) atoms. The van der Waals surface area contributed by atoms with E-state index < -0.39 is 15.2 Å². The van der Waals surface area contributed by atoms with Gasteiger partial charge in [0.1, 0.15) is 5.37 Å². The summed E-state index contributed by atoms with van der Waals surface area (Å²) < 4.78 is 23.7. The maximum atomic E-state index is 11.9. The van der Waals surface area contributed by atoms with Crippen molar-refractivity contribution in [1.82, 2.24) is 0 Å². The number of nitriles is 1. The molecule has 1 aromatic rings. The van der Waals surface area contributed by atoms with Gasteiger partial charge in [-0.05, 0) is 18.2 Å². The standard InChI is InChI=1S/C12H13ClN2O2S2/c1-19(16,17)12-8-18-5-4-15(12)11-3-2-9(7-14)6-10(11)13/h2-3,6,12H,4-5,8H2,1H3. The largest absolute Gasteiger partial charge is 0.352 e. The van der Waals surface area contributed by atoms with E-state index in [1.165, 1.54) is 6.26 Å². The van der Waals surface area contributed by atoms with Crippen LogP contribution < -0.4 is 4.90 Å². The van der Waals surface area contributed by atoms with Crippen LogP contribution in [-0.2, 0) is 9.84 Å². The topological polar surface area (TPSA) is 61.2 Å². The lowest BCUT2D eigenvalue weighted by Gasteiger charge is -2.36. The molecular weight excluding hydrogens is 304 g/mol. The van der Waals surface area contributed by atoms with Gasteiger partial charge in [-0.3, -0.25) is 0 Å². The van der Waals surface area contributed by atoms with Gasteiger partial charge in [-0.1, -0.05) is 11.6 Å². The summed E-state index contributed by atoms with van der Waals surface area (Å²) in [5.74, 6) is 1.40. The number of hydrogen-bond acceptors (Lipinski definition) is 5. The number of anilines is 1. The highest BCUT2D eigenvalue weighted by Gasteiger charge is 2.32. The predicted molar refractivity (Wildman–Crippen MR) is 79.5 cm³/mol. The lowest BCUT2D eigenvalue weighted by molar-refractivity contribution is 0.584. The molecule has 0 aliphatic carbocycles. The van der Waals surface area contributed by atoms with Gasteiger partial charge in [0, 0.05) is 24.3 Å². The van der Waals surface area contributed by atoms with Gasteiger partial charge < -0.3 is 4.90 Å². The summed E-state index contributed by atoms with van der Waals surface area (Å²) in [5.41, 5.74) is 1.15. The second-order valence-corrected chi connectivity index (χ2v) is 8.09. The van der Waals surface area contributed by atoms with E-state index in [1.54, 1.807) is 30.0 Å². The summed E-state index contributed by atoms with van der Waals surface area (Å²) in [6, 6.07) is 6.95. The Morgan fingerprint density at radius 3 is 2.84 bits per heavy atom. The Balaban J connectivity index is 2.41. The second kappa shape index (κ2) is 5.61. The lowest BCUT2D eigenvalue weighted by atomic mass is 10.2. The van der Waals surface area contributed by atoms with Crippen molar-refractivity contribution in [3.05, 3.63) is 28.8 Å². The first-order valence-corrected chi connectivity index (χ1v) is 9.15. The van der Waals surface area contributed by atoms with Crippen molar-refractivity contribution in [2.24, 2.45) is 0 Å². The first-order valence-electron chi connectivity index (χ1n) is 5.66. The Morgan fingerprint density at radius 2 is 2.26 bits per heavy atom. The summed E-state index contributed by atoms with van der Waals surface area (Å²) in [4.78, 5) is 1.81. The normalized spacial score (nSPS) is 20.1. The third-order valence-corrected chi connectivity index (χ3v) is 5.91. The van der Waals surface area contributed by atoms with Crippen LogP contribution in [0.4, 0.5) is 5.69 Å². The summed E-state index contributed by atoms with van der Waals surface area (Å²) in [6.07, 6.45) is 1.24. The molecule has 2 rings (SSSR count). The number of nitrogens with zero attached hydrogens (tertiary/aromatic N) is 2. The molecule has 0 aromatic heterocycles. The van der Waals surface area contributed by atoms with Crippen molar-refractivity contribution in [2.75, 3.05) is 29.2 Å². The molecule has 1 atom stereocenters. The highest BCUT2D eigenvalue weighted by molar-refractivity contribution is 8.01. The number of rotatable bonds is 2. The van der Waals surface area contributed by atoms with Crippen molar-refractivity contribution in [1.29, 1.82) is 5.26 Å². The average Bonchev–Trinajstić information content (AvgIpc) is 2.37. The van der Waals surface area contributed by atoms with Crippen LogP contribution in [0.25, 0.3) is 0 Å². The molecule has 1 fully saturated rings. The zero-order chi connectivity index (χ0) is 14.0. The van der Waals surface area contributed by atoms with Crippen LogP contribution in [0.15, 0.2) is 18.2 Å². The van der Waals surface area contributed by atoms with Gasteiger partial charge in [0.05, 0.1) is 22.3 Å². The van der Waals surface area contributed by atoms with E-state index >= 15 is 0 Å². The van der Waals surface area contributed by atoms with Crippen LogP contribution in [0.1, 0.15) is 5.56 Å². The molecule has 102 valence electrons. The number of benzene rings is 1. The van der Waals surface area contributed by atoms with Crippen LogP contribution in [0, 0.1) is 11.3 Å². The van der Waals surface area contributed by atoms with Crippen LogP contribution in [-0.4, -0.2) is 38.1 Å². The van der Waals surface area contributed by atoms with E-state index in [4.69, 9.17) is 16.9 Å². The molecule has 0 spiro atoms. The zero-order valence-corrected chi connectivity index (χ0v) is 12.7. The van der Waals surface area contributed by atoms with Gasteiger partial charge in [0.25, 0.3) is 0 Å². The van der Waals surface area contributed by atoms with Crippen molar-refractivity contribution < 1.29 is 8.42 Å². The number of hydrogen-bond donors (Lipinski definition) is 0. The van der Waals surface area contributed by atoms with Crippen molar-refractivity contribution in [3.8, 4) is 6.07 Å². The number of thioether (sulfide) groups is 1. The fourth-order valence-electron chi connectivity index (χ4n) is 2.02. The molecule has 0 saturated carbocycles. The third-order valence-electron chi connectivity index (χ3n) is 2.97. The van der Waals surface area contributed by atoms with Crippen LogP contribution >= 0.6 is 23.4 Å². The van der Waals surface area contributed by atoms with E-state index in [2.05, 4.69) is 0 Å². The zero-order valence-electron chi connectivity index (χ0n) is 10.3. The number of halogens is 1. The molecule has 4 nitrogen and oxygen atoms in total. The fourth-order valence-corrected chi connectivity index (χ4v) is 5.14. The minimum absolute atomic E-state index is 0.416. The Bertz CT molecular complexity index is 625. The highest BCUT2D eigenvalue weighted by Crippen LogP contribution is 2.32. The van der Waals surface area contributed by atoms with Crippen molar-refractivity contribution >= 4 is 38.9 Å². The van der Waals surface area contributed by atoms with Gasteiger partial charge in [-0.25, -0.2) is 8.42 Å². The minimum atomic E-state index is -3.17. The second-order valence-electron chi connectivity index (χ2n) is 4.33. The molecular formula is C12H13ClN2O2S2. The average molecular weight is 317 g/mol. The molecule has 0 N–H and O–H groups in total. The van der Waals surface area contributed by atoms with E-state index in [0.29, 0.717) is 28.6 Å². The molecule has 0 radical (unpaired) electrons. The summed E-state index contributed by atoms with van der Waals surface area (Å²) in [5, 5.41) is 8.68. The van der Waals surface area contributed by atoms with E-state index in [-0.39, 0.29) is 0 Å². The smallest absolute Gasteiger partial charge is 0.169 e. The molecule has 1 aromatic carbocycles. The lowest BCUT2D eigenvalue weighted by Crippen LogP contribution is -2.47. The quantitative estimate of drug-likeness (QED) is 0.836. The molecule has 0 amide bonds. The molecule has 0 bridgehead atoms. The summed E-state index contributed by atoms with van der Waals surface area (Å²) in [7, 11) is -3.17. The molecule has 7 heteroatoms. The fraction of sp³-hybridized carbons (Fsp3) is 0.417. The maximum absolute atomic E-state index is 11.9. The first kappa shape index (κ1) is 14.5. The SMILES string of the molecule is CS(=O)(=O)C1CSCCN1c1ccc(C#N)cc1Cl. The summed E-state index contributed by atoms with van der Waals surface area (Å²) in [6.45, 7) is 0.633. The Labute approximate surface area is 122 Å².